The summed E-state index contributed by atoms with van der Waals surface area (Å²) in [5.41, 5.74) is 5.64. The second kappa shape index (κ2) is 11.6. The Hall–Kier alpha value is -2.04. The van der Waals surface area contributed by atoms with E-state index in [0.717, 1.165) is 4.57 Å². The third-order valence-electron chi connectivity index (χ3n) is 4.37. The molecule has 5 N–H and O–H groups in total. The summed E-state index contributed by atoms with van der Waals surface area (Å²) in [7, 11) is -4.64. The minimum atomic E-state index is -4.64. The molecule has 1 aliphatic rings. The van der Waals surface area contributed by atoms with Crippen molar-refractivity contribution in [2.24, 2.45) is 5.73 Å². The Morgan fingerprint density at radius 2 is 1.65 bits per heavy atom. The summed E-state index contributed by atoms with van der Waals surface area (Å²) in [6, 6.07) is 0.184. The highest BCUT2D eigenvalue weighted by Crippen LogP contribution is 2.29. The van der Waals surface area contributed by atoms with Gasteiger partial charge in [0.2, 0.25) is 11.7 Å². The average Bonchev–Trinajstić information content (AvgIpc) is 3.08. The SMILES string of the molecule is Br.N[C@@H](CC(=O)N1CCn2c(nnc2C(F)(F)F)C1)Cc1cc(F)c(F)cc1F.O=P(O)(O)O. The molecule has 0 saturated carbocycles. The molecule has 2 aromatic rings. The number of carbonyl (C=O) groups is 1. The van der Waals surface area contributed by atoms with Gasteiger partial charge < -0.3 is 29.9 Å². The molecule has 0 unspecified atom stereocenters. The number of fused-ring (bicyclic) bond motifs is 1. The van der Waals surface area contributed by atoms with E-state index < -0.39 is 49.2 Å². The summed E-state index contributed by atoms with van der Waals surface area (Å²) >= 11 is 0. The second-order valence-electron chi connectivity index (χ2n) is 6.94. The van der Waals surface area contributed by atoms with Crippen molar-refractivity contribution >= 4 is 30.7 Å². The Labute approximate surface area is 198 Å². The maximum absolute atomic E-state index is 13.7. The molecule has 1 amide bonds. The van der Waals surface area contributed by atoms with Crippen molar-refractivity contribution in [1.29, 1.82) is 0 Å². The van der Waals surface area contributed by atoms with Crippen molar-refractivity contribution in [2.45, 2.75) is 38.1 Å². The van der Waals surface area contributed by atoms with Crippen LogP contribution in [0.25, 0.3) is 0 Å². The van der Waals surface area contributed by atoms with Crippen LogP contribution in [-0.2, 0) is 35.0 Å². The van der Waals surface area contributed by atoms with Crippen LogP contribution in [0.1, 0.15) is 23.6 Å². The molecule has 192 valence electrons. The minimum Gasteiger partial charge on any atom is -0.333 e. The van der Waals surface area contributed by atoms with Crippen molar-refractivity contribution in [3.05, 3.63) is 46.8 Å². The highest BCUT2D eigenvalue weighted by atomic mass is 79.9. The number of alkyl halides is 3. The Bertz CT molecular complexity index is 1060. The number of halogens is 7. The Morgan fingerprint density at radius 1 is 1.09 bits per heavy atom. The third kappa shape index (κ3) is 8.63. The first-order valence-corrected chi connectivity index (χ1v) is 10.6. The van der Waals surface area contributed by atoms with Gasteiger partial charge >= 0.3 is 14.0 Å². The maximum atomic E-state index is 13.7. The molecule has 0 aliphatic carbocycles. The van der Waals surface area contributed by atoms with E-state index in [1.807, 2.05) is 0 Å². The molecule has 1 aliphatic heterocycles. The molecule has 34 heavy (non-hydrogen) atoms. The Morgan fingerprint density at radius 3 is 2.21 bits per heavy atom. The molecule has 1 aromatic heterocycles. The molecule has 10 nitrogen and oxygen atoms in total. The Kier molecular flexibility index (Phi) is 10.2. The number of benzene rings is 1. The quantitative estimate of drug-likeness (QED) is 0.240. The van der Waals surface area contributed by atoms with E-state index in [0.29, 0.717) is 12.1 Å². The minimum absolute atomic E-state index is 0. The van der Waals surface area contributed by atoms with Gasteiger partial charge in [-0.2, -0.15) is 13.2 Å². The maximum Gasteiger partial charge on any atom is 0.466 e. The summed E-state index contributed by atoms with van der Waals surface area (Å²) in [4.78, 5) is 35.2. The van der Waals surface area contributed by atoms with Crippen LogP contribution in [0.3, 0.4) is 0 Å². The van der Waals surface area contributed by atoms with Gasteiger partial charge in [0.1, 0.15) is 5.82 Å². The number of carbonyl (C=O) groups excluding carboxylic acids is 1. The highest BCUT2D eigenvalue weighted by Gasteiger charge is 2.40. The van der Waals surface area contributed by atoms with Gasteiger partial charge in [-0.1, -0.05) is 0 Å². The summed E-state index contributed by atoms with van der Waals surface area (Å²) in [6.07, 6.45) is -5.11. The number of rotatable bonds is 4. The molecule has 0 saturated heterocycles. The molecular weight excluding hydrogens is 567 g/mol. The van der Waals surface area contributed by atoms with Crippen molar-refractivity contribution in [3.63, 3.8) is 0 Å². The summed E-state index contributed by atoms with van der Waals surface area (Å²) in [5.74, 6) is -5.15. The molecule has 0 spiro atoms. The van der Waals surface area contributed by atoms with Gasteiger partial charge in [0, 0.05) is 31.6 Å². The zero-order valence-electron chi connectivity index (χ0n) is 16.9. The summed E-state index contributed by atoms with van der Waals surface area (Å²) in [5, 5.41) is 6.60. The van der Waals surface area contributed by atoms with Crippen LogP contribution in [-0.4, -0.2) is 52.8 Å². The molecule has 0 fully saturated rings. The fourth-order valence-corrected chi connectivity index (χ4v) is 3.01. The molecule has 0 bridgehead atoms. The molecular formula is C16H19BrF6N5O5P. The lowest BCUT2D eigenvalue weighted by atomic mass is 10.0. The predicted molar refractivity (Wildman–Crippen MR) is 108 cm³/mol. The molecule has 18 heteroatoms. The molecule has 0 radical (unpaired) electrons. The number of amides is 1. The van der Waals surface area contributed by atoms with Crippen LogP contribution < -0.4 is 5.73 Å². The predicted octanol–water partition coefficient (Wildman–Crippen LogP) is 1.67. The lowest BCUT2D eigenvalue weighted by molar-refractivity contribution is -0.148. The van der Waals surface area contributed by atoms with Crippen LogP contribution in [0.4, 0.5) is 26.3 Å². The molecule has 1 aromatic carbocycles. The van der Waals surface area contributed by atoms with Gasteiger partial charge in [-0.25, -0.2) is 17.7 Å². The summed E-state index contributed by atoms with van der Waals surface area (Å²) < 4.78 is 88.1. The van der Waals surface area contributed by atoms with Gasteiger partial charge in [-0.3, -0.25) is 4.79 Å². The van der Waals surface area contributed by atoms with E-state index in [-0.39, 0.29) is 60.8 Å². The van der Waals surface area contributed by atoms with Gasteiger partial charge in [0.05, 0.1) is 6.54 Å². The van der Waals surface area contributed by atoms with Crippen LogP contribution in [0.2, 0.25) is 0 Å². The first-order valence-electron chi connectivity index (χ1n) is 9.00. The van der Waals surface area contributed by atoms with Gasteiger partial charge in [0.25, 0.3) is 0 Å². The topological polar surface area (TPSA) is 155 Å². The van der Waals surface area contributed by atoms with Crippen molar-refractivity contribution in [3.8, 4) is 0 Å². The zero-order chi connectivity index (χ0) is 25.1. The van der Waals surface area contributed by atoms with E-state index in [1.54, 1.807) is 0 Å². The number of hydrogen-bond donors (Lipinski definition) is 4. The monoisotopic (exact) mass is 585 g/mol. The van der Waals surface area contributed by atoms with E-state index in [2.05, 4.69) is 10.2 Å². The van der Waals surface area contributed by atoms with Crippen molar-refractivity contribution < 1.29 is 50.4 Å². The second-order valence-corrected chi connectivity index (χ2v) is 7.97. The van der Waals surface area contributed by atoms with Crippen LogP contribution >= 0.6 is 24.8 Å². The first-order chi connectivity index (χ1) is 15.1. The fourth-order valence-electron chi connectivity index (χ4n) is 3.01. The van der Waals surface area contributed by atoms with Crippen LogP contribution in [0.5, 0.6) is 0 Å². The van der Waals surface area contributed by atoms with Gasteiger partial charge in [-0.05, 0) is 18.1 Å². The molecule has 3 rings (SSSR count). The number of aromatic nitrogens is 3. The van der Waals surface area contributed by atoms with E-state index in [4.69, 9.17) is 25.0 Å². The van der Waals surface area contributed by atoms with Gasteiger partial charge in [-0.15, -0.1) is 27.2 Å². The fraction of sp³-hybridized carbons (Fsp3) is 0.438. The van der Waals surface area contributed by atoms with E-state index in [9.17, 15) is 31.1 Å². The lowest BCUT2D eigenvalue weighted by Gasteiger charge is -2.29. The smallest absolute Gasteiger partial charge is 0.333 e. The summed E-state index contributed by atoms with van der Waals surface area (Å²) in [6.45, 7) is -0.302. The standard InChI is InChI=1S/C16H15F6N5O.BrH.H3O4P/c17-10-6-12(19)11(18)4-8(10)3-9(23)5-14(28)26-1-2-27-13(7-26)24-25-15(27)16(20,21)22;;1-5(2,3)4/h4,6,9H,1-3,5,7,23H2;1H;(H3,1,2,3,4)/t9-;;/m1../s1. The van der Waals surface area contributed by atoms with Crippen molar-refractivity contribution in [2.75, 3.05) is 6.54 Å². The molecule has 2 heterocycles. The number of nitrogens with two attached hydrogens (primary N) is 1. The number of nitrogens with zero attached hydrogens (tertiary/aromatic N) is 4. The van der Waals surface area contributed by atoms with E-state index >= 15 is 0 Å². The lowest BCUT2D eigenvalue weighted by Crippen LogP contribution is -2.42. The average molecular weight is 586 g/mol. The third-order valence-corrected chi connectivity index (χ3v) is 4.37. The normalized spacial score (nSPS) is 14.5. The number of hydrogen-bond acceptors (Lipinski definition) is 5. The van der Waals surface area contributed by atoms with E-state index in [1.165, 1.54) is 4.90 Å². The van der Waals surface area contributed by atoms with Gasteiger partial charge in [0.15, 0.2) is 17.5 Å². The Balaban J connectivity index is 0.000000873. The first kappa shape index (κ1) is 30.0. The van der Waals surface area contributed by atoms with Crippen LogP contribution in [0, 0.1) is 17.5 Å². The highest BCUT2D eigenvalue weighted by molar-refractivity contribution is 8.93. The number of phosphoric acid groups is 1. The largest absolute Gasteiger partial charge is 0.466 e. The zero-order valence-corrected chi connectivity index (χ0v) is 19.5. The van der Waals surface area contributed by atoms with Crippen molar-refractivity contribution in [1.82, 2.24) is 19.7 Å². The van der Waals surface area contributed by atoms with Crippen LogP contribution in [0.15, 0.2) is 12.1 Å². The molecule has 1 atom stereocenters.